The molecule has 1 fully saturated rings. The van der Waals surface area contributed by atoms with E-state index >= 15 is 0 Å². The summed E-state index contributed by atoms with van der Waals surface area (Å²) in [5.41, 5.74) is 0.901. The van der Waals surface area contributed by atoms with Crippen molar-refractivity contribution in [1.29, 1.82) is 0 Å². The third kappa shape index (κ3) is 5.27. The molecule has 0 bridgehead atoms. The molecule has 1 saturated heterocycles. The molecule has 2 aromatic rings. The Balaban J connectivity index is 2.02. The second-order valence-electron chi connectivity index (χ2n) is 6.67. The number of hydrogen-bond acceptors (Lipinski definition) is 8. The Hall–Kier alpha value is -3.37. The summed E-state index contributed by atoms with van der Waals surface area (Å²) in [7, 11) is 4.40. The highest BCUT2D eigenvalue weighted by Crippen LogP contribution is 2.39. The predicted octanol–water partition coefficient (Wildman–Crippen LogP) is 4.25. The van der Waals surface area contributed by atoms with E-state index in [9.17, 15) is 14.9 Å². The van der Waals surface area contributed by atoms with Crippen molar-refractivity contribution in [3.8, 4) is 11.5 Å². The molecule has 1 aliphatic rings. The Bertz CT molecular complexity index is 1060. The number of hydrogen-bond donors (Lipinski definition) is 0. The third-order valence-electron chi connectivity index (χ3n) is 4.61. The van der Waals surface area contributed by atoms with Gasteiger partial charge in [0.05, 0.1) is 29.7 Å². The summed E-state index contributed by atoms with van der Waals surface area (Å²) >= 11 is 1.21. The van der Waals surface area contributed by atoms with E-state index in [0.29, 0.717) is 41.0 Å². The van der Waals surface area contributed by atoms with Crippen molar-refractivity contribution in [2.45, 2.75) is 6.42 Å². The lowest BCUT2D eigenvalue weighted by molar-refractivity contribution is -0.385. The summed E-state index contributed by atoms with van der Waals surface area (Å²) in [5, 5.41) is 12.0. The molecule has 0 atom stereocenters. The van der Waals surface area contributed by atoms with Crippen LogP contribution in [0.3, 0.4) is 0 Å². The van der Waals surface area contributed by atoms with Gasteiger partial charge in [0.25, 0.3) is 5.91 Å². The van der Waals surface area contributed by atoms with Crippen molar-refractivity contribution < 1.29 is 23.9 Å². The Kier molecular flexibility index (Phi) is 7.85. The number of ether oxygens (including phenoxy) is 3. The maximum Gasteiger partial charge on any atom is 0.311 e. The summed E-state index contributed by atoms with van der Waals surface area (Å²) in [5.74, 6) is 0.195. The largest absolute Gasteiger partial charge is 0.496 e. The number of aliphatic imine (C=N–C) groups is 1. The second kappa shape index (κ2) is 10.8. The molecule has 2 aromatic carbocycles. The molecule has 32 heavy (non-hydrogen) atoms. The normalized spacial score (nSPS) is 16.1. The molecular weight excluding hydrogens is 434 g/mol. The maximum atomic E-state index is 13.2. The number of carbonyl (C=O) groups excluding carboxylic acids is 1. The first-order chi connectivity index (χ1) is 15.5. The number of para-hydroxylation sites is 1. The van der Waals surface area contributed by atoms with E-state index in [2.05, 4.69) is 4.99 Å². The Morgan fingerprint density at radius 1 is 1.12 bits per heavy atom. The van der Waals surface area contributed by atoms with E-state index in [1.807, 2.05) is 30.3 Å². The molecule has 10 heteroatoms. The Morgan fingerprint density at radius 2 is 1.84 bits per heavy atom. The van der Waals surface area contributed by atoms with Crippen LogP contribution in [0, 0.1) is 10.1 Å². The number of amidine groups is 1. The zero-order valence-electron chi connectivity index (χ0n) is 17.9. The number of nitro benzene ring substituents is 1. The lowest BCUT2D eigenvalue weighted by Gasteiger charge is -2.15. The molecule has 1 amide bonds. The minimum atomic E-state index is -0.538. The molecule has 0 saturated carbocycles. The van der Waals surface area contributed by atoms with Gasteiger partial charge < -0.3 is 14.2 Å². The molecule has 0 radical (unpaired) electrons. The van der Waals surface area contributed by atoms with Crippen LogP contribution in [0.5, 0.6) is 11.5 Å². The van der Waals surface area contributed by atoms with Gasteiger partial charge in [-0.25, -0.2) is 4.99 Å². The van der Waals surface area contributed by atoms with Gasteiger partial charge in [0.15, 0.2) is 5.17 Å². The fraction of sp³-hybridized carbons (Fsp3) is 0.273. The minimum absolute atomic E-state index is 0.0759. The van der Waals surface area contributed by atoms with Crippen LogP contribution < -0.4 is 9.47 Å². The summed E-state index contributed by atoms with van der Waals surface area (Å²) in [6.45, 7) is 0.938. The molecule has 0 unspecified atom stereocenters. The number of amides is 1. The van der Waals surface area contributed by atoms with Gasteiger partial charge in [-0.1, -0.05) is 18.2 Å². The van der Waals surface area contributed by atoms with Crippen LogP contribution in [0.25, 0.3) is 6.08 Å². The number of methoxy groups -OCH3 is 3. The van der Waals surface area contributed by atoms with Crippen molar-refractivity contribution in [3.63, 3.8) is 0 Å². The van der Waals surface area contributed by atoms with Crippen LogP contribution in [-0.2, 0) is 9.53 Å². The van der Waals surface area contributed by atoms with Gasteiger partial charge in [0, 0.05) is 38.0 Å². The highest BCUT2D eigenvalue weighted by Gasteiger charge is 2.33. The van der Waals surface area contributed by atoms with Crippen molar-refractivity contribution in [1.82, 2.24) is 4.90 Å². The van der Waals surface area contributed by atoms with Gasteiger partial charge >= 0.3 is 5.69 Å². The zero-order chi connectivity index (χ0) is 23.1. The van der Waals surface area contributed by atoms with Gasteiger partial charge in [-0.2, -0.15) is 0 Å². The number of benzene rings is 2. The van der Waals surface area contributed by atoms with Crippen LogP contribution >= 0.6 is 11.8 Å². The maximum absolute atomic E-state index is 13.2. The number of nitro groups is 1. The van der Waals surface area contributed by atoms with Gasteiger partial charge in [-0.15, -0.1) is 0 Å². The molecule has 0 aromatic heterocycles. The van der Waals surface area contributed by atoms with Crippen LogP contribution in [0.4, 0.5) is 11.4 Å². The van der Waals surface area contributed by atoms with E-state index in [4.69, 9.17) is 14.2 Å². The fourth-order valence-corrected chi connectivity index (χ4v) is 4.09. The van der Waals surface area contributed by atoms with Crippen molar-refractivity contribution in [2.24, 2.45) is 4.99 Å². The molecule has 9 nitrogen and oxygen atoms in total. The molecule has 3 rings (SSSR count). The highest BCUT2D eigenvalue weighted by molar-refractivity contribution is 8.18. The fourth-order valence-electron chi connectivity index (χ4n) is 3.07. The van der Waals surface area contributed by atoms with Crippen LogP contribution in [0.2, 0.25) is 0 Å². The Morgan fingerprint density at radius 3 is 2.47 bits per heavy atom. The second-order valence-corrected chi connectivity index (χ2v) is 7.68. The summed E-state index contributed by atoms with van der Waals surface area (Å²) in [4.78, 5) is 30.7. The molecule has 1 aliphatic heterocycles. The van der Waals surface area contributed by atoms with Crippen molar-refractivity contribution >= 4 is 40.3 Å². The van der Waals surface area contributed by atoms with Gasteiger partial charge in [-0.3, -0.25) is 19.8 Å². The van der Waals surface area contributed by atoms with Gasteiger partial charge in [0.1, 0.15) is 5.75 Å². The van der Waals surface area contributed by atoms with Crippen LogP contribution in [0.1, 0.15) is 12.0 Å². The van der Waals surface area contributed by atoms with E-state index in [0.717, 1.165) is 5.69 Å². The third-order valence-corrected chi connectivity index (χ3v) is 5.62. The average Bonchev–Trinajstić information content (AvgIpc) is 3.08. The average molecular weight is 458 g/mol. The minimum Gasteiger partial charge on any atom is -0.496 e. The first-order valence-electron chi connectivity index (χ1n) is 9.73. The highest BCUT2D eigenvalue weighted by atomic mass is 32.2. The summed E-state index contributed by atoms with van der Waals surface area (Å²) in [6.07, 6.45) is 2.22. The molecule has 0 spiro atoms. The van der Waals surface area contributed by atoms with E-state index in [1.54, 1.807) is 18.1 Å². The Labute approximate surface area is 189 Å². The summed E-state index contributed by atoms with van der Waals surface area (Å²) < 4.78 is 15.6. The van der Waals surface area contributed by atoms with E-state index in [1.165, 1.54) is 38.1 Å². The molecule has 0 aliphatic carbocycles. The number of thioether (sulfide) groups is 1. The number of nitrogens with zero attached hydrogens (tertiary/aromatic N) is 3. The van der Waals surface area contributed by atoms with Gasteiger partial charge in [-0.05, 0) is 36.4 Å². The lowest BCUT2D eigenvalue weighted by Crippen LogP contribution is -2.30. The number of rotatable bonds is 9. The molecule has 1 heterocycles. The monoisotopic (exact) mass is 457 g/mol. The summed E-state index contributed by atoms with van der Waals surface area (Å²) in [6, 6.07) is 12.1. The van der Waals surface area contributed by atoms with Crippen molar-refractivity contribution in [3.05, 3.63) is 63.0 Å². The van der Waals surface area contributed by atoms with Crippen LogP contribution in [0.15, 0.2) is 52.4 Å². The molecular formula is C22H23N3O6S. The molecule has 0 N–H and O–H groups in total. The first-order valence-corrected chi connectivity index (χ1v) is 10.5. The topological polar surface area (TPSA) is 104 Å². The first kappa shape index (κ1) is 23.3. The quantitative estimate of drug-likeness (QED) is 0.240. The smallest absolute Gasteiger partial charge is 0.311 e. The van der Waals surface area contributed by atoms with Crippen molar-refractivity contribution in [2.75, 3.05) is 34.5 Å². The van der Waals surface area contributed by atoms with E-state index < -0.39 is 4.92 Å². The van der Waals surface area contributed by atoms with Gasteiger partial charge in [0.2, 0.25) is 5.75 Å². The SMILES string of the molecule is COCCCN1C(=O)/C(=C/c2cc([N+](=O)[O-])c(OC)cc2OC)SC1=Nc1ccccc1. The lowest BCUT2D eigenvalue weighted by atomic mass is 10.1. The number of carbonyl (C=O) groups is 1. The van der Waals surface area contributed by atoms with Crippen LogP contribution in [-0.4, -0.2) is 55.4 Å². The van der Waals surface area contributed by atoms with E-state index in [-0.39, 0.29) is 17.3 Å². The predicted molar refractivity (Wildman–Crippen MR) is 124 cm³/mol. The standard InChI is InChI=1S/C22H23N3O6S/c1-29-11-7-10-24-21(26)20(32-22(24)23-16-8-5-4-6-9-16)13-15-12-17(25(27)28)19(31-3)14-18(15)30-2/h4-6,8-9,12-14H,7,10-11H2,1-3H3/b20-13-,23-22?. The molecule has 168 valence electrons. The zero-order valence-corrected chi connectivity index (χ0v) is 18.8.